The Morgan fingerprint density at radius 2 is 1.20 bits per heavy atom. The summed E-state index contributed by atoms with van der Waals surface area (Å²) >= 11 is 0. The second-order valence-electron chi connectivity index (χ2n) is 6.98. The molecule has 0 radical (unpaired) electrons. The van der Waals surface area contributed by atoms with Gasteiger partial charge in [-0.25, -0.2) is 0 Å². The summed E-state index contributed by atoms with van der Waals surface area (Å²) in [4.78, 5) is 0. The van der Waals surface area contributed by atoms with Crippen LogP contribution in [0.1, 0.15) is 0 Å². The molecule has 0 aliphatic heterocycles. The van der Waals surface area contributed by atoms with E-state index in [0.29, 0.717) is 0 Å². The first-order valence-electron chi connectivity index (χ1n) is 5.84. The fourth-order valence-corrected chi connectivity index (χ4v) is 27.3. The summed E-state index contributed by atoms with van der Waals surface area (Å²) in [5.74, 6) is 0. The molecule has 0 fully saturated rings. The van der Waals surface area contributed by atoms with Gasteiger partial charge in [-0.15, -0.1) is 6.58 Å². The fraction of sp³-hybridized carbons (Fsp3) is 0.818. The topological polar surface area (TPSA) is 3.24 Å². The Balaban J connectivity index is 5.21. The standard InChI is InChI=1S/C11H29NSi3/c1-10-11-15(8,9)12(13(2,3)4)14(5,6)7/h10H,1,11H2,2-9H3. The lowest BCUT2D eigenvalue weighted by atomic mass is 10.8. The normalized spacial score (nSPS) is 14.5. The van der Waals surface area contributed by atoms with Crippen LogP contribution in [0.2, 0.25) is 58.4 Å². The number of hydrogen-bond acceptors (Lipinski definition) is 1. The summed E-state index contributed by atoms with van der Waals surface area (Å²) < 4.78 is 2.99. The molecular formula is C11H29NSi3. The molecule has 0 aliphatic rings. The molecule has 0 N–H and O–H groups in total. The minimum absolute atomic E-state index is 1.19. The Labute approximate surface area is 99.8 Å². The van der Waals surface area contributed by atoms with E-state index < -0.39 is 24.7 Å². The predicted molar refractivity (Wildman–Crippen MR) is 81.0 cm³/mol. The van der Waals surface area contributed by atoms with Gasteiger partial charge >= 0.3 is 0 Å². The Kier molecular flexibility index (Phi) is 4.80. The van der Waals surface area contributed by atoms with E-state index in [1.165, 1.54) is 6.04 Å². The maximum Gasteiger partial charge on any atom is 0.112 e. The molecule has 0 saturated carbocycles. The Bertz CT molecular complexity index is 209. The molecule has 1 nitrogen and oxygen atoms in total. The van der Waals surface area contributed by atoms with Crippen LogP contribution in [0, 0.1) is 0 Å². The maximum absolute atomic E-state index is 3.93. The Morgan fingerprint density at radius 3 is 1.40 bits per heavy atom. The van der Waals surface area contributed by atoms with Gasteiger partial charge in [0.2, 0.25) is 0 Å². The van der Waals surface area contributed by atoms with Gasteiger partial charge in [0.05, 0.1) is 0 Å². The van der Waals surface area contributed by atoms with Crippen LogP contribution in [-0.4, -0.2) is 28.6 Å². The predicted octanol–water partition coefficient (Wildman–Crippen LogP) is 4.35. The van der Waals surface area contributed by atoms with E-state index in [1.807, 2.05) is 0 Å². The largest absolute Gasteiger partial charge is 0.368 e. The van der Waals surface area contributed by atoms with E-state index in [9.17, 15) is 0 Å². The van der Waals surface area contributed by atoms with Crippen molar-refractivity contribution in [3.8, 4) is 0 Å². The first kappa shape index (κ1) is 15.4. The highest BCUT2D eigenvalue weighted by atomic mass is 28.5. The van der Waals surface area contributed by atoms with Crippen molar-refractivity contribution in [1.82, 2.24) is 3.90 Å². The number of hydrogen-bond donors (Lipinski definition) is 0. The highest BCUT2D eigenvalue weighted by Gasteiger charge is 2.43. The minimum atomic E-state index is -1.26. The van der Waals surface area contributed by atoms with Crippen molar-refractivity contribution in [2.24, 2.45) is 0 Å². The summed E-state index contributed by atoms with van der Waals surface area (Å²) in [5, 5.41) is 0. The third kappa shape index (κ3) is 4.38. The molecule has 0 aromatic heterocycles. The van der Waals surface area contributed by atoms with E-state index >= 15 is 0 Å². The van der Waals surface area contributed by atoms with Crippen LogP contribution in [0.25, 0.3) is 0 Å². The van der Waals surface area contributed by atoms with E-state index in [4.69, 9.17) is 0 Å². The SMILES string of the molecule is C=CC[Si](C)(C)N([Si](C)(C)C)[Si](C)(C)C. The Hall–Kier alpha value is 0.351. The second-order valence-corrected chi connectivity index (χ2v) is 22.4. The van der Waals surface area contributed by atoms with E-state index in [2.05, 4.69) is 68.9 Å². The molecule has 0 saturated heterocycles. The molecule has 0 atom stereocenters. The zero-order valence-corrected chi connectivity index (χ0v) is 14.9. The Morgan fingerprint density at radius 1 is 0.867 bits per heavy atom. The van der Waals surface area contributed by atoms with Gasteiger partial charge in [0.25, 0.3) is 0 Å². The molecule has 4 heteroatoms. The van der Waals surface area contributed by atoms with Crippen LogP contribution in [0.5, 0.6) is 0 Å². The number of nitrogens with zero attached hydrogens (tertiary/aromatic N) is 1. The van der Waals surface area contributed by atoms with Crippen molar-refractivity contribution < 1.29 is 0 Å². The van der Waals surface area contributed by atoms with Crippen molar-refractivity contribution in [3.63, 3.8) is 0 Å². The smallest absolute Gasteiger partial charge is 0.112 e. The highest BCUT2D eigenvalue weighted by molar-refractivity contribution is 7.04. The fourth-order valence-electron chi connectivity index (χ4n) is 3.27. The molecule has 0 unspecified atom stereocenters. The van der Waals surface area contributed by atoms with Crippen molar-refractivity contribution in [2.45, 2.75) is 58.4 Å². The van der Waals surface area contributed by atoms with Gasteiger partial charge in [-0.2, -0.15) is 0 Å². The van der Waals surface area contributed by atoms with Crippen molar-refractivity contribution in [3.05, 3.63) is 12.7 Å². The third-order valence-electron chi connectivity index (χ3n) is 2.59. The van der Waals surface area contributed by atoms with Crippen LogP contribution in [-0.2, 0) is 0 Å². The van der Waals surface area contributed by atoms with Crippen LogP contribution in [0.15, 0.2) is 12.7 Å². The summed E-state index contributed by atoms with van der Waals surface area (Å²) in [7, 11) is -3.64. The summed E-state index contributed by atoms with van der Waals surface area (Å²) in [6.45, 7) is 23.9. The summed E-state index contributed by atoms with van der Waals surface area (Å²) in [6.07, 6.45) is 2.12. The zero-order valence-electron chi connectivity index (χ0n) is 11.9. The van der Waals surface area contributed by atoms with Gasteiger partial charge in [-0.05, 0) is 6.04 Å². The maximum atomic E-state index is 3.93. The lowest BCUT2D eigenvalue weighted by molar-refractivity contribution is 0.889. The van der Waals surface area contributed by atoms with Gasteiger partial charge in [0.1, 0.15) is 24.7 Å². The average molecular weight is 260 g/mol. The lowest BCUT2D eigenvalue weighted by Gasteiger charge is -2.52. The first-order chi connectivity index (χ1) is 6.43. The van der Waals surface area contributed by atoms with Crippen LogP contribution >= 0.6 is 0 Å². The lowest BCUT2D eigenvalue weighted by Crippen LogP contribution is -2.69. The molecule has 0 spiro atoms. The summed E-state index contributed by atoms with van der Waals surface area (Å²) in [6, 6.07) is 1.22. The van der Waals surface area contributed by atoms with Gasteiger partial charge in [0, 0.05) is 0 Å². The highest BCUT2D eigenvalue weighted by Crippen LogP contribution is 2.29. The molecule has 15 heavy (non-hydrogen) atoms. The van der Waals surface area contributed by atoms with Gasteiger partial charge in [-0.3, -0.25) is 0 Å². The van der Waals surface area contributed by atoms with Gasteiger partial charge in [0.15, 0.2) is 0 Å². The molecule has 0 amide bonds. The van der Waals surface area contributed by atoms with Crippen LogP contribution in [0.3, 0.4) is 0 Å². The number of rotatable bonds is 5. The zero-order chi connectivity index (χ0) is 12.5. The number of allylic oxidation sites excluding steroid dienone is 1. The third-order valence-corrected chi connectivity index (χ3v) is 19.5. The van der Waals surface area contributed by atoms with Crippen LogP contribution in [0.4, 0.5) is 0 Å². The van der Waals surface area contributed by atoms with Crippen molar-refractivity contribution >= 4 is 24.7 Å². The molecule has 0 aromatic rings. The van der Waals surface area contributed by atoms with E-state index in [1.54, 1.807) is 0 Å². The van der Waals surface area contributed by atoms with Crippen LogP contribution < -0.4 is 0 Å². The molecule has 0 aliphatic carbocycles. The average Bonchev–Trinajstić information content (AvgIpc) is 1.75. The molecule has 90 valence electrons. The van der Waals surface area contributed by atoms with Crippen molar-refractivity contribution in [1.29, 1.82) is 0 Å². The minimum Gasteiger partial charge on any atom is -0.368 e. The van der Waals surface area contributed by atoms with Crippen molar-refractivity contribution in [2.75, 3.05) is 0 Å². The summed E-state index contributed by atoms with van der Waals surface area (Å²) in [5.41, 5.74) is 0. The quantitative estimate of drug-likeness (QED) is 0.524. The molecule has 0 aromatic carbocycles. The van der Waals surface area contributed by atoms with Gasteiger partial charge < -0.3 is 3.90 Å². The van der Waals surface area contributed by atoms with Gasteiger partial charge in [-0.1, -0.05) is 58.5 Å². The van der Waals surface area contributed by atoms with E-state index in [-0.39, 0.29) is 0 Å². The monoisotopic (exact) mass is 259 g/mol. The molecule has 0 bridgehead atoms. The molecule has 0 heterocycles. The second kappa shape index (κ2) is 4.69. The molecular weight excluding hydrogens is 230 g/mol. The molecule has 0 rings (SSSR count). The van der Waals surface area contributed by atoms with E-state index in [0.717, 1.165) is 0 Å². The first-order valence-corrected chi connectivity index (χ1v) is 15.9.